The summed E-state index contributed by atoms with van der Waals surface area (Å²) in [6, 6.07) is 3.44. The first-order valence-electron chi connectivity index (χ1n) is 12.6. The third-order valence-electron chi connectivity index (χ3n) is 6.49. The highest BCUT2D eigenvalue weighted by Gasteiger charge is 2.37. The molecule has 0 atom stereocenters. The number of anilines is 2. The summed E-state index contributed by atoms with van der Waals surface area (Å²) in [6.45, 7) is 6.75. The summed E-state index contributed by atoms with van der Waals surface area (Å²) in [5.41, 5.74) is -0.792. The Morgan fingerprint density at radius 2 is 1.52 bits per heavy atom. The number of aromatic nitrogens is 7. The van der Waals surface area contributed by atoms with Crippen LogP contribution in [0.4, 0.5) is 38.1 Å². The van der Waals surface area contributed by atoms with Crippen LogP contribution in [0.2, 0.25) is 0 Å². The van der Waals surface area contributed by atoms with E-state index in [1.54, 1.807) is 4.68 Å². The second kappa shape index (κ2) is 10.9. The fourth-order valence-corrected chi connectivity index (χ4v) is 4.40. The molecule has 0 saturated carbocycles. The number of alkyl halides is 6. The number of benzene rings is 1. The van der Waals surface area contributed by atoms with E-state index >= 15 is 0 Å². The van der Waals surface area contributed by atoms with Crippen LogP contribution in [0.3, 0.4) is 0 Å². The number of tetrazole rings is 1. The molecule has 9 nitrogen and oxygen atoms in total. The number of rotatable bonds is 9. The van der Waals surface area contributed by atoms with Gasteiger partial charge in [0.05, 0.1) is 23.9 Å². The molecule has 0 radical (unpaired) electrons. The Labute approximate surface area is 226 Å². The number of pyridine rings is 1. The lowest BCUT2D eigenvalue weighted by molar-refractivity contribution is -0.143. The van der Waals surface area contributed by atoms with Gasteiger partial charge in [0.1, 0.15) is 5.82 Å². The van der Waals surface area contributed by atoms with Crippen molar-refractivity contribution in [3.8, 4) is 0 Å². The molecule has 0 aliphatic carbocycles. The van der Waals surface area contributed by atoms with Gasteiger partial charge in [-0.15, -0.1) is 5.10 Å². The quantitative estimate of drug-likeness (QED) is 0.255. The highest BCUT2D eigenvalue weighted by Crippen LogP contribution is 2.37. The van der Waals surface area contributed by atoms with E-state index in [2.05, 4.69) is 20.5 Å². The molecule has 0 spiro atoms. The largest absolute Gasteiger partial charge is 0.416 e. The van der Waals surface area contributed by atoms with Crippen LogP contribution in [-0.2, 0) is 45.5 Å². The number of hydrogen-bond donors (Lipinski definition) is 0. The van der Waals surface area contributed by atoms with Crippen molar-refractivity contribution < 1.29 is 26.3 Å². The maximum atomic E-state index is 13.5. The van der Waals surface area contributed by atoms with E-state index in [0.717, 1.165) is 15.9 Å². The van der Waals surface area contributed by atoms with Gasteiger partial charge in [-0.1, -0.05) is 12.0 Å². The number of halogens is 6. The molecule has 0 bridgehead atoms. The van der Waals surface area contributed by atoms with Gasteiger partial charge in [0.2, 0.25) is 0 Å². The summed E-state index contributed by atoms with van der Waals surface area (Å²) in [5.74, 6) is 0.639. The molecule has 3 aromatic heterocycles. The monoisotopic (exact) mass is 569 g/mol. The van der Waals surface area contributed by atoms with Crippen LogP contribution < -0.4 is 9.80 Å². The Bertz CT molecular complexity index is 1460. The minimum atomic E-state index is -4.96. The number of nitrogens with zero attached hydrogens (tertiary/aromatic N) is 9. The molecule has 216 valence electrons. The fraction of sp³-hybridized carbons (Fsp3) is 0.480. The second-order valence-electron chi connectivity index (χ2n) is 9.32. The van der Waals surface area contributed by atoms with Crippen LogP contribution >= 0.6 is 0 Å². The van der Waals surface area contributed by atoms with E-state index in [0.29, 0.717) is 48.7 Å². The lowest BCUT2D eigenvalue weighted by Crippen LogP contribution is -2.27. The molecule has 0 saturated heterocycles. The summed E-state index contributed by atoms with van der Waals surface area (Å²) in [7, 11) is 3.36. The first-order valence-corrected chi connectivity index (χ1v) is 12.6. The Morgan fingerprint density at radius 3 is 2.02 bits per heavy atom. The SMILES string of the molecule is CCc1nn(CC)c2nc(N(C)CC)c(CN(Cc3cc(C(F)(F)F)cc(C(F)(F)F)c3)c3nnn(C)n3)cc12. The van der Waals surface area contributed by atoms with Gasteiger partial charge in [0.25, 0.3) is 5.95 Å². The average Bonchev–Trinajstić information content (AvgIpc) is 3.48. The van der Waals surface area contributed by atoms with Crippen molar-refractivity contribution in [2.45, 2.75) is 59.2 Å². The average molecular weight is 570 g/mol. The molecule has 0 unspecified atom stereocenters. The Kier molecular flexibility index (Phi) is 7.94. The van der Waals surface area contributed by atoms with Crippen LogP contribution in [0.25, 0.3) is 11.0 Å². The van der Waals surface area contributed by atoms with Gasteiger partial charge in [0.15, 0.2) is 5.65 Å². The predicted octanol–water partition coefficient (Wildman–Crippen LogP) is 5.24. The van der Waals surface area contributed by atoms with Crippen LogP contribution in [0.1, 0.15) is 48.7 Å². The zero-order valence-electron chi connectivity index (χ0n) is 22.6. The standard InChI is InChI=1S/C25H29F6N9/c1-6-20-19-11-16(21(37(4)7-2)32-22(19)40(8-3)34-20)14-39(23-33-36-38(5)35-23)13-15-9-17(24(26,27)28)12-18(10-15)25(29,30)31/h9-12H,6-8,13-14H2,1-5H3. The van der Waals surface area contributed by atoms with Crippen molar-refractivity contribution >= 4 is 22.8 Å². The predicted molar refractivity (Wildman–Crippen MR) is 137 cm³/mol. The molecule has 15 heteroatoms. The van der Waals surface area contributed by atoms with E-state index in [1.165, 1.54) is 11.9 Å². The smallest absolute Gasteiger partial charge is 0.360 e. The maximum Gasteiger partial charge on any atom is 0.416 e. The topological polar surface area (TPSA) is 80.8 Å². The van der Waals surface area contributed by atoms with E-state index in [1.807, 2.05) is 38.8 Å². The third-order valence-corrected chi connectivity index (χ3v) is 6.49. The minimum absolute atomic E-state index is 0.0341. The van der Waals surface area contributed by atoms with Crippen molar-refractivity contribution in [2.24, 2.45) is 7.05 Å². The van der Waals surface area contributed by atoms with E-state index in [-0.39, 0.29) is 30.7 Å². The Hall–Kier alpha value is -3.91. The van der Waals surface area contributed by atoms with Gasteiger partial charge in [-0.3, -0.25) is 0 Å². The maximum absolute atomic E-state index is 13.5. The van der Waals surface area contributed by atoms with Crippen molar-refractivity contribution in [1.82, 2.24) is 35.0 Å². The van der Waals surface area contributed by atoms with Crippen LogP contribution in [-0.4, -0.2) is 48.6 Å². The molecule has 0 aliphatic rings. The molecule has 1 aromatic carbocycles. The molecule has 3 heterocycles. The molecular formula is C25H29F6N9. The molecule has 0 aliphatic heterocycles. The molecule has 0 amide bonds. The van der Waals surface area contributed by atoms with E-state index < -0.39 is 23.5 Å². The van der Waals surface area contributed by atoms with Crippen molar-refractivity contribution in [2.75, 3.05) is 23.4 Å². The summed E-state index contributed by atoms with van der Waals surface area (Å²) in [5, 5.41) is 17.4. The highest BCUT2D eigenvalue weighted by atomic mass is 19.4. The summed E-state index contributed by atoms with van der Waals surface area (Å²) in [6.07, 6.45) is -9.28. The molecule has 4 aromatic rings. The minimum Gasteiger partial charge on any atom is -0.360 e. The van der Waals surface area contributed by atoms with E-state index in [9.17, 15) is 26.3 Å². The van der Waals surface area contributed by atoms with Gasteiger partial charge < -0.3 is 9.80 Å². The molecule has 0 N–H and O–H groups in total. The zero-order chi connectivity index (χ0) is 29.4. The van der Waals surface area contributed by atoms with Crippen LogP contribution in [0.15, 0.2) is 24.3 Å². The second-order valence-corrected chi connectivity index (χ2v) is 9.32. The normalized spacial score (nSPS) is 12.4. The van der Waals surface area contributed by atoms with Crippen molar-refractivity contribution in [1.29, 1.82) is 0 Å². The lowest BCUT2D eigenvalue weighted by atomic mass is 10.0. The molecule has 4 rings (SSSR count). The zero-order valence-corrected chi connectivity index (χ0v) is 22.6. The van der Waals surface area contributed by atoms with Crippen LogP contribution in [0.5, 0.6) is 0 Å². The van der Waals surface area contributed by atoms with Crippen LogP contribution in [0, 0.1) is 0 Å². The lowest BCUT2D eigenvalue weighted by Gasteiger charge is -2.26. The van der Waals surface area contributed by atoms with Gasteiger partial charge in [-0.25, -0.2) is 9.67 Å². The van der Waals surface area contributed by atoms with E-state index in [4.69, 9.17) is 4.98 Å². The first kappa shape index (κ1) is 29.1. The summed E-state index contributed by atoms with van der Waals surface area (Å²) >= 11 is 0. The van der Waals surface area contributed by atoms with Gasteiger partial charge in [0, 0.05) is 44.2 Å². The number of hydrogen-bond acceptors (Lipinski definition) is 7. The highest BCUT2D eigenvalue weighted by molar-refractivity contribution is 5.82. The molecule has 40 heavy (non-hydrogen) atoms. The van der Waals surface area contributed by atoms with Gasteiger partial charge >= 0.3 is 12.4 Å². The molecular weight excluding hydrogens is 540 g/mol. The summed E-state index contributed by atoms with van der Waals surface area (Å²) in [4.78, 5) is 9.43. The molecule has 0 fully saturated rings. The Balaban J connectivity index is 1.85. The number of aryl methyl sites for hydroxylation is 3. The van der Waals surface area contributed by atoms with Crippen molar-refractivity contribution in [3.63, 3.8) is 0 Å². The number of fused-ring (bicyclic) bond motifs is 1. The summed E-state index contributed by atoms with van der Waals surface area (Å²) < 4.78 is 83.0. The Morgan fingerprint density at radius 1 is 0.875 bits per heavy atom. The fourth-order valence-electron chi connectivity index (χ4n) is 4.40. The van der Waals surface area contributed by atoms with Gasteiger partial charge in [-0.05, 0) is 55.3 Å². The first-order chi connectivity index (χ1) is 18.7. The third kappa shape index (κ3) is 5.97. The van der Waals surface area contributed by atoms with Gasteiger partial charge in [-0.2, -0.15) is 36.2 Å². The van der Waals surface area contributed by atoms with Crippen molar-refractivity contribution in [3.05, 3.63) is 52.2 Å².